The number of carbonyl (C=O) groups is 1. The first-order chi connectivity index (χ1) is 7.70. The normalized spacial score (nSPS) is 21.3. The van der Waals surface area contributed by atoms with Crippen LogP contribution in [0.2, 0.25) is 0 Å². The standard InChI is InChI=1S/C11H21N3O2S/c1-8-7-13(9(12)17)5-6-14(8)10(15)16-11(2,3)4/h8H,5-7H2,1-4H3,(H2,12,17)/t8-/m1/s1. The number of piperazine rings is 1. The molecule has 1 atom stereocenters. The van der Waals surface area contributed by atoms with E-state index in [1.165, 1.54) is 0 Å². The van der Waals surface area contributed by atoms with E-state index in [0.717, 1.165) is 0 Å². The molecule has 1 aliphatic rings. The van der Waals surface area contributed by atoms with Crippen LogP contribution >= 0.6 is 12.2 Å². The Balaban J connectivity index is 2.58. The van der Waals surface area contributed by atoms with Gasteiger partial charge in [-0.3, -0.25) is 0 Å². The summed E-state index contributed by atoms with van der Waals surface area (Å²) in [4.78, 5) is 15.5. The summed E-state index contributed by atoms with van der Waals surface area (Å²) in [5.74, 6) is 0. The number of nitrogens with zero attached hydrogens (tertiary/aromatic N) is 2. The van der Waals surface area contributed by atoms with Crippen molar-refractivity contribution in [3.8, 4) is 0 Å². The topological polar surface area (TPSA) is 58.8 Å². The van der Waals surface area contributed by atoms with Gasteiger partial charge in [0.2, 0.25) is 0 Å². The first-order valence-electron chi connectivity index (χ1n) is 5.74. The van der Waals surface area contributed by atoms with Crippen molar-refractivity contribution in [1.29, 1.82) is 0 Å². The van der Waals surface area contributed by atoms with Crippen molar-refractivity contribution >= 4 is 23.4 Å². The molecule has 1 rings (SSSR count). The van der Waals surface area contributed by atoms with E-state index in [2.05, 4.69) is 0 Å². The second-order valence-electron chi connectivity index (χ2n) is 5.31. The SMILES string of the molecule is C[C@@H]1CN(C(N)=S)CCN1C(=O)OC(C)(C)C. The molecule has 0 spiro atoms. The van der Waals surface area contributed by atoms with Crippen LogP contribution in [-0.2, 0) is 4.74 Å². The fourth-order valence-electron chi connectivity index (χ4n) is 1.75. The van der Waals surface area contributed by atoms with Gasteiger partial charge in [0.15, 0.2) is 5.11 Å². The molecule has 0 aliphatic carbocycles. The van der Waals surface area contributed by atoms with Gasteiger partial charge in [0.1, 0.15) is 5.60 Å². The number of hydrogen-bond donors (Lipinski definition) is 1. The fraction of sp³-hybridized carbons (Fsp3) is 0.818. The third-order valence-electron chi connectivity index (χ3n) is 2.57. The van der Waals surface area contributed by atoms with Crippen molar-refractivity contribution in [1.82, 2.24) is 9.80 Å². The maximum Gasteiger partial charge on any atom is 0.410 e. The molecule has 0 saturated carbocycles. The molecule has 0 unspecified atom stereocenters. The van der Waals surface area contributed by atoms with Crippen molar-refractivity contribution in [2.75, 3.05) is 19.6 Å². The van der Waals surface area contributed by atoms with E-state index in [9.17, 15) is 4.79 Å². The summed E-state index contributed by atoms with van der Waals surface area (Å²) in [7, 11) is 0. The maximum absolute atomic E-state index is 11.9. The van der Waals surface area contributed by atoms with Gasteiger partial charge >= 0.3 is 6.09 Å². The molecule has 0 bridgehead atoms. The molecule has 0 aromatic rings. The van der Waals surface area contributed by atoms with E-state index >= 15 is 0 Å². The lowest BCUT2D eigenvalue weighted by Gasteiger charge is -2.40. The Hall–Kier alpha value is -1.04. The van der Waals surface area contributed by atoms with Crippen LogP contribution < -0.4 is 5.73 Å². The van der Waals surface area contributed by atoms with Gasteiger partial charge in [-0.15, -0.1) is 0 Å². The van der Waals surface area contributed by atoms with Crippen LogP contribution in [0.25, 0.3) is 0 Å². The highest BCUT2D eigenvalue weighted by Crippen LogP contribution is 2.15. The zero-order valence-electron chi connectivity index (χ0n) is 10.9. The molecule has 6 heteroatoms. The zero-order chi connectivity index (χ0) is 13.2. The predicted octanol–water partition coefficient (Wildman–Crippen LogP) is 1.17. The average Bonchev–Trinajstić information content (AvgIpc) is 2.14. The van der Waals surface area contributed by atoms with Gasteiger partial charge in [0.05, 0.1) is 0 Å². The van der Waals surface area contributed by atoms with Crippen LogP contribution in [0.4, 0.5) is 4.79 Å². The van der Waals surface area contributed by atoms with Crippen molar-refractivity contribution in [2.45, 2.75) is 39.3 Å². The average molecular weight is 259 g/mol. The van der Waals surface area contributed by atoms with Crippen molar-refractivity contribution < 1.29 is 9.53 Å². The summed E-state index contributed by atoms with van der Waals surface area (Å²) >= 11 is 4.93. The highest BCUT2D eigenvalue weighted by atomic mass is 32.1. The van der Waals surface area contributed by atoms with Gasteiger partial charge in [-0.25, -0.2) is 4.79 Å². The van der Waals surface area contributed by atoms with Crippen LogP contribution in [0.15, 0.2) is 0 Å². The van der Waals surface area contributed by atoms with E-state index < -0.39 is 5.60 Å². The third-order valence-corrected chi connectivity index (χ3v) is 2.83. The van der Waals surface area contributed by atoms with E-state index in [0.29, 0.717) is 24.7 Å². The zero-order valence-corrected chi connectivity index (χ0v) is 11.7. The van der Waals surface area contributed by atoms with Crippen molar-refractivity contribution in [2.24, 2.45) is 5.73 Å². The molecule has 0 radical (unpaired) electrons. The second-order valence-corrected chi connectivity index (χ2v) is 5.73. The fourth-order valence-corrected chi connectivity index (χ4v) is 1.92. The molecule has 0 aromatic heterocycles. The maximum atomic E-state index is 11.9. The van der Waals surface area contributed by atoms with Gasteiger partial charge in [-0.1, -0.05) is 0 Å². The van der Waals surface area contributed by atoms with E-state index in [4.69, 9.17) is 22.7 Å². The van der Waals surface area contributed by atoms with Crippen LogP contribution in [0.1, 0.15) is 27.7 Å². The molecule has 17 heavy (non-hydrogen) atoms. The monoisotopic (exact) mass is 259 g/mol. The molecular weight excluding hydrogens is 238 g/mol. The molecule has 1 amide bonds. The smallest absolute Gasteiger partial charge is 0.410 e. The first-order valence-corrected chi connectivity index (χ1v) is 6.15. The van der Waals surface area contributed by atoms with Gasteiger partial charge in [-0.2, -0.15) is 0 Å². The highest BCUT2D eigenvalue weighted by Gasteiger charge is 2.30. The molecule has 0 aromatic carbocycles. The number of thiocarbonyl (C=S) groups is 1. The minimum Gasteiger partial charge on any atom is -0.444 e. The largest absolute Gasteiger partial charge is 0.444 e. The lowest BCUT2D eigenvalue weighted by Crippen LogP contribution is -2.57. The molecule has 5 nitrogen and oxygen atoms in total. The molecule has 1 heterocycles. The Bertz CT molecular complexity index is 314. The molecule has 1 saturated heterocycles. The summed E-state index contributed by atoms with van der Waals surface area (Å²) < 4.78 is 5.35. The molecule has 2 N–H and O–H groups in total. The summed E-state index contributed by atoms with van der Waals surface area (Å²) in [6.45, 7) is 9.47. The van der Waals surface area contributed by atoms with Gasteiger partial charge < -0.3 is 20.3 Å². The first kappa shape index (κ1) is 14.0. The number of carbonyl (C=O) groups excluding carboxylic acids is 1. The van der Waals surface area contributed by atoms with Crippen LogP contribution in [0.5, 0.6) is 0 Å². The number of nitrogens with two attached hydrogens (primary N) is 1. The Morgan fingerprint density at radius 2 is 2.00 bits per heavy atom. The van der Waals surface area contributed by atoms with Crippen LogP contribution in [-0.4, -0.2) is 52.3 Å². The van der Waals surface area contributed by atoms with Gasteiger partial charge in [0.25, 0.3) is 0 Å². The summed E-state index contributed by atoms with van der Waals surface area (Å²) in [6.07, 6.45) is -0.271. The van der Waals surface area contributed by atoms with E-state index in [1.807, 2.05) is 32.6 Å². The predicted molar refractivity (Wildman–Crippen MR) is 70.8 cm³/mol. The van der Waals surface area contributed by atoms with Crippen molar-refractivity contribution in [3.05, 3.63) is 0 Å². The Morgan fingerprint density at radius 3 is 2.41 bits per heavy atom. The number of amides is 1. The van der Waals surface area contributed by atoms with E-state index in [1.54, 1.807) is 4.90 Å². The molecule has 98 valence electrons. The third kappa shape index (κ3) is 4.03. The van der Waals surface area contributed by atoms with E-state index in [-0.39, 0.29) is 12.1 Å². The second kappa shape index (κ2) is 5.08. The van der Waals surface area contributed by atoms with Gasteiger partial charge in [0, 0.05) is 25.7 Å². The number of ether oxygens (including phenoxy) is 1. The number of hydrogen-bond acceptors (Lipinski definition) is 3. The minimum absolute atomic E-state index is 0.0556. The Morgan fingerprint density at radius 1 is 1.41 bits per heavy atom. The summed E-state index contributed by atoms with van der Waals surface area (Å²) in [5, 5.41) is 0.390. The lowest BCUT2D eigenvalue weighted by molar-refractivity contribution is 0.00782. The highest BCUT2D eigenvalue weighted by molar-refractivity contribution is 7.80. The molecular formula is C11H21N3O2S. The number of rotatable bonds is 0. The quantitative estimate of drug-likeness (QED) is 0.662. The summed E-state index contributed by atoms with van der Waals surface area (Å²) in [5.41, 5.74) is 5.11. The van der Waals surface area contributed by atoms with Crippen LogP contribution in [0.3, 0.4) is 0 Å². The Kier molecular flexibility index (Phi) is 4.19. The molecule has 1 aliphatic heterocycles. The molecule has 1 fully saturated rings. The van der Waals surface area contributed by atoms with Crippen molar-refractivity contribution in [3.63, 3.8) is 0 Å². The van der Waals surface area contributed by atoms with Gasteiger partial charge in [-0.05, 0) is 39.9 Å². The van der Waals surface area contributed by atoms with Crippen LogP contribution in [0, 0.1) is 0 Å². The minimum atomic E-state index is -0.461. The summed E-state index contributed by atoms with van der Waals surface area (Å²) in [6, 6.07) is 0.0556. The Labute approximate surface area is 108 Å². The lowest BCUT2D eigenvalue weighted by atomic mass is 10.2.